The minimum atomic E-state index is -1.95. The van der Waals surface area contributed by atoms with Crippen LogP contribution in [0, 0.1) is 5.41 Å². The number of hydrogen-bond donors (Lipinski definition) is 23. The number of rotatable bonds is 52. The molecule has 0 aliphatic carbocycles. The quantitative estimate of drug-likeness (QED) is 0.0111. The number of aromatic nitrogens is 1. The number of para-hydroxylation sites is 1. The first kappa shape index (κ1) is 90.3. The summed E-state index contributed by atoms with van der Waals surface area (Å²) in [6, 6.07) is 2.99. The molecule has 0 bridgehead atoms. The van der Waals surface area contributed by atoms with Crippen LogP contribution in [0.25, 0.3) is 10.9 Å². The molecule has 41 heteroatoms. The van der Waals surface area contributed by atoms with Crippen molar-refractivity contribution in [2.75, 3.05) is 6.54 Å². The molecule has 3 aromatic carbocycles. The number of primary amides is 4. The van der Waals surface area contributed by atoms with E-state index in [1.165, 1.54) is 18.3 Å². The fourth-order valence-corrected chi connectivity index (χ4v) is 11.1. The highest BCUT2D eigenvalue weighted by Crippen LogP contribution is 2.21. The number of H-pyrrole nitrogens is 1. The van der Waals surface area contributed by atoms with E-state index in [4.69, 9.17) is 39.8 Å². The van der Waals surface area contributed by atoms with Crippen molar-refractivity contribution in [1.29, 1.82) is 5.41 Å². The van der Waals surface area contributed by atoms with Crippen LogP contribution >= 0.6 is 0 Å². The van der Waals surface area contributed by atoms with Gasteiger partial charge in [0.05, 0.1) is 6.04 Å². The molecular weight excluding hydrogens is 1460 g/mol. The number of nitrogens with two attached hydrogens (primary N) is 6. The maximum absolute atomic E-state index is 15.1. The first-order valence-corrected chi connectivity index (χ1v) is 35.0. The molecule has 0 saturated carbocycles. The third-order valence-corrected chi connectivity index (χ3v) is 17.0. The molecule has 4 rings (SSSR count). The van der Waals surface area contributed by atoms with Crippen LogP contribution in [0.1, 0.15) is 119 Å². The summed E-state index contributed by atoms with van der Waals surface area (Å²) in [6.07, 6.45) is -8.40. The van der Waals surface area contributed by atoms with Gasteiger partial charge in [0.2, 0.25) is 82.7 Å². The number of aliphatic carboxylic acids is 4. The second-order valence-corrected chi connectivity index (χ2v) is 25.8. The van der Waals surface area contributed by atoms with Gasteiger partial charge in [-0.25, -0.2) is 4.79 Å². The predicted molar refractivity (Wildman–Crippen MR) is 391 cm³/mol. The highest BCUT2D eigenvalue weighted by atomic mass is 16.4. The molecular formula is C70H95N19O22. The van der Waals surface area contributed by atoms with E-state index >= 15 is 4.79 Å². The van der Waals surface area contributed by atoms with Gasteiger partial charge in [-0.15, -0.1) is 0 Å². The normalized spacial score (nSPS) is 13.9. The minimum Gasteiger partial charge on any atom is -0.481 e. The van der Waals surface area contributed by atoms with Gasteiger partial charge < -0.3 is 118 Å². The Morgan fingerprint density at radius 3 is 0.982 bits per heavy atom. The topological polar surface area (TPSA) is 716 Å². The Labute approximate surface area is 634 Å². The second kappa shape index (κ2) is 46.2. The highest BCUT2D eigenvalue weighted by Gasteiger charge is 2.38. The number of carbonyl (C=O) groups is 18. The minimum absolute atomic E-state index is 0.00800. The summed E-state index contributed by atoms with van der Waals surface area (Å²) in [6.45, 7) is -0.0469. The predicted octanol–water partition coefficient (Wildman–Crippen LogP) is -5.62. The first-order valence-electron chi connectivity index (χ1n) is 35.0. The van der Waals surface area contributed by atoms with Crippen LogP contribution < -0.4 is 92.9 Å². The molecule has 0 spiro atoms. The molecule has 4 aromatic rings. The molecule has 14 amide bonds. The van der Waals surface area contributed by atoms with Crippen molar-refractivity contribution in [2.45, 2.75) is 188 Å². The standard InChI is InChI=1S/C70H95N19O22/c71-40(17-24-52(72)90)59(100)80-43(18-25-53(73)91)61(102)81-42(16-9-31-78-70(76)77)60(101)87-49(32-36-10-3-1-4-11-36)66(107)84-47(23-30-58(98)99)65(106)89-51(34-38-35-79-41-15-8-7-14-39(38)41)68(109)85-46(22-29-57(96)97)64(105)88-50(33-37-12-5-2-6-13-37)67(108)83-45(21-28-56(94)95)62(103)82-44(19-26-54(74)92)63(104)86-48(69(110)111)20-27-55(75)93/h1-8,10-15,35,40,42-51,79H,9,16-34,71H2,(H2,72,90)(H2,73,91)(H2,74,92)(H2,75,93)(H,80,100)(H,81,102)(H,82,103)(H,83,108)(H,84,107)(H,85,109)(H,86,104)(H,87,101)(H,88,105)(H,89,106)(H,94,95)(H,96,97)(H,98,99)(H,110,111)(H4,76,77,78)/t40-,42-,43-,44-,45-,46-,47-,48-,49-,50-,51-/m0/s1. The van der Waals surface area contributed by atoms with Gasteiger partial charge in [-0.3, -0.25) is 86.9 Å². The molecule has 602 valence electrons. The summed E-state index contributed by atoms with van der Waals surface area (Å²) in [5.74, 6) is -21.8. The van der Waals surface area contributed by atoms with Crippen LogP contribution in [0.15, 0.2) is 91.1 Å². The number of amides is 14. The number of fused-ring (bicyclic) bond motifs is 1. The largest absolute Gasteiger partial charge is 0.481 e. The van der Waals surface area contributed by atoms with Crippen molar-refractivity contribution in [1.82, 2.24) is 63.5 Å². The molecule has 111 heavy (non-hydrogen) atoms. The Morgan fingerprint density at radius 1 is 0.342 bits per heavy atom. The molecule has 0 unspecified atom stereocenters. The summed E-state index contributed by atoms with van der Waals surface area (Å²) in [5, 5.41) is 74.2. The zero-order chi connectivity index (χ0) is 82.4. The lowest BCUT2D eigenvalue weighted by Gasteiger charge is -2.28. The van der Waals surface area contributed by atoms with Crippen molar-refractivity contribution in [2.24, 2.45) is 34.4 Å². The average Bonchev–Trinajstić information content (AvgIpc) is 1.73. The molecule has 29 N–H and O–H groups in total. The van der Waals surface area contributed by atoms with Crippen molar-refractivity contribution in [3.05, 3.63) is 108 Å². The number of guanidine groups is 1. The molecule has 0 radical (unpaired) electrons. The molecule has 0 aliphatic rings. The van der Waals surface area contributed by atoms with Gasteiger partial charge >= 0.3 is 23.9 Å². The summed E-state index contributed by atoms with van der Waals surface area (Å²) in [4.78, 5) is 243. The Balaban J connectivity index is 1.77. The van der Waals surface area contributed by atoms with Gasteiger partial charge in [-0.1, -0.05) is 78.9 Å². The van der Waals surface area contributed by atoms with Crippen molar-refractivity contribution < 1.29 is 107 Å². The van der Waals surface area contributed by atoms with Crippen molar-refractivity contribution >= 4 is 123 Å². The van der Waals surface area contributed by atoms with Crippen molar-refractivity contribution in [3.8, 4) is 0 Å². The third-order valence-electron chi connectivity index (χ3n) is 17.0. The van der Waals surface area contributed by atoms with Gasteiger partial charge in [-0.05, 0) is 80.5 Å². The first-order chi connectivity index (χ1) is 52.5. The summed E-state index contributed by atoms with van der Waals surface area (Å²) in [5.41, 5.74) is 34.1. The number of carbonyl (C=O) groups excluding carboxylic acids is 14. The van der Waals surface area contributed by atoms with E-state index in [0.717, 1.165) is 0 Å². The number of carboxylic acids is 4. The van der Waals surface area contributed by atoms with E-state index in [-0.39, 0.29) is 38.6 Å². The lowest BCUT2D eigenvalue weighted by molar-refractivity contribution is -0.143. The number of nitrogens with one attached hydrogen (secondary N) is 13. The fraction of sp³-hybridized carbons (Fsp3) is 0.443. The number of benzene rings is 3. The van der Waals surface area contributed by atoms with Crippen LogP contribution in [0.4, 0.5) is 0 Å². The summed E-state index contributed by atoms with van der Waals surface area (Å²) < 4.78 is 0. The smallest absolute Gasteiger partial charge is 0.326 e. The van der Waals surface area contributed by atoms with Crippen LogP contribution in [-0.2, 0) is 106 Å². The van der Waals surface area contributed by atoms with E-state index in [2.05, 4.69) is 63.5 Å². The Morgan fingerprint density at radius 2 is 0.631 bits per heavy atom. The second-order valence-electron chi connectivity index (χ2n) is 25.8. The molecule has 0 saturated heterocycles. The molecule has 0 fully saturated rings. The van der Waals surface area contributed by atoms with Crippen molar-refractivity contribution in [3.63, 3.8) is 0 Å². The molecule has 11 atom stereocenters. The third kappa shape index (κ3) is 33.7. The average molecular weight is 1550 g/mol. The zero-order valence-corrected chi connectivity index (χ0v) is 60.3. The molecule has 1 aromatic heterocycles. The maximum atomic E-state index is 15.1. The Hall–Kier alpha value is -13.1. The summed E-state index contributed by atoms with van der Waals surface area (Å²) in [7, 11) is 0. The SMILES string of the molecule is N=C(N)NCCC[C@H](NC(=O)[C@H](CCC(N)=O)NC(=O)[C@@H](N)CCC(N)=O)C(=O)N[C@@H](Cc1ccccc1)C(=O)N[C@@H](CCC(=O)O)C(=O)N[C@@H](Cc1c[nH]c2ccccc12)C(=O)N[C@@H](CCC(=O)O)C(=O)N[C@@H](Cc1ccccc1)C(=O)N[C@@H](CCC(=O)O)C(=O)N[C@@H](CCC(N)=O)C(=O)N[C@@H](CCC(N)=O)C(=O)O. The van der Waals surface area contributed by atoms with Crippen LogP contribution in [0.3, 0.4) is 0 Å². The van der Waals surface area contributed by atoms with Crippen LogP contribution in [0.5, 0.6) is 0 Å². The Bertz CT molecular complexity index is 3990. The Kier molecular flexibility index (Phi) is 37.6. The molecule has 0 aliphatic heterocycles. The van der Waals surface area contributed by atoms with Crippen LogP contribution in [-0.4, -0.2) is 211 Å². The number of aromatic amines is 1. The lowest BCUT2D eigenvalue weighted by Crippen LogP contribution is -2.61. The van der Waals surface area contributed by atoms with Gasteiger partial charge in [0, 0.05) is 87.9 Å². The van der Waals surface area contributed by atoms with E-state index in [1.54, 1.807) is 72.8 Å². The van der Waals surface area contributed by atoms with E-state index < -0.39 is 269 Å². The molecule has 41 nitrogen and oxygen atoms in total. The highest BCUT2D eigenvalue weighted by molar-refractivity contribution is 6.00. The van der Waals surface area contributed by atoms with Crippen LogP contribution in [0.2, 0.25) is 0 Å². The van der Waals surface area contributed by atoms with E-state index in [9.17, 15) is 102 Å². The van der Waals surface area contributed by atoms with Gasteiger partial charge in [0.1, 0.15) is 60.4 Å². The van der Waals surface area contributed by atoms with E-state index in [1.807, 2.05) is 0 Å². The van der Waals surface area contributed by atoms with Gasteiger partial charge in [0.15, 0.2) is 5.96 Å². The maximum Gasteiger partial charge on any atom is 0.326 e. The monoisotopic (exact) mass is 1550 g/mol. The fourth-order valence-electron chi connectivity index (χ4n) is 11.1. The van der Waals surface area contributed by atoms with Gasteiger partial charge in [-0.2, -0.15) is 0 Å². The number of hydrogen-bond acceptors (Lipinski definition) is 20. The van der Waals surface area contributed by atoms with E-state index in [0.29, 0.717) is 27.6 Å². The number of carboxylic acid groups (broad SMARTS) is 4. The van der Waals surface area contributed by atoms with Gasteiger partial charge in [0.25, 0.3) is 0 Å². The zero-order valence-electron chi connectivity index (χ0n) is 60.3. The lowest BCUT2D eigenvalue weighted by atomic mass is 10.0. The summed E-state index contributed by atoms with van der Waals surface area (Å²) >= 11 is 0. The molecule has 1 heterocycles.